The van der Waals surface area contributed by atoms with Crippen LogP contribution in [-0.2, 0) is 14.3 Å². The van der Waals surface area contributed by atoms with Crippen LogP contribution in [0.25, 0.3) is 11.1 Å². The number of thioether (sulfide) groups is 1. The van der Waals surface area contributed by atoms with Crippen LogP contribution in [0.2, 0.25) is 0 Å². The van der Waals surface area contributed by atoms with Gasteiger partial charge in [-0.3, -0.25) is 14.9 Å². The van der Waals surface area contributed by atoms with Crippen molar-refractivity contribution in [2.24, 2.45) is 0 Å². The Hall–Kier alpha value is -2.55. The third kappa shape index (κ3) is 5.46. The van der Waals surface area contributed by atoms with Crippen molar-refractivity contribution in [2.75, 3.05) is 5.75 Å². The molecule has 2 aromatic rings. The first-order valence-electron chi connectivity index (χ1n) is 8.80. The van der Waals surface area contributed by atoms with Gasteiger partial charge in [0.25, 0.3) is 11.1 Å². The summed E-state index contributed by atoms with van der Waals surface area (Å²) in [5.41, 5.74) is 1.34. The molecule has 1 heterocycles. The minimum absolute atomic E-state index is 0.0568. The number of nitrogens with zero attached hydrogens (tertiary/aromatic N) is 1. The van der Waals surface area contributed by atoms with Crippen LogP contribution in [0.4, 0.5) is 4.79 Å². The van der Waals surface area contributed by atoms with Crippen molar-refractivity contribution in [3.63, 3.8) is 0 Å². The highest BCUT2D eigenvalue weighted by Gasteiger charge is 2.23. The third-order valence-electron chi connectivity index (χ3n) is 4.19. The fourth-order valence-corrected chi connectivity index (χ4v) is 3.44. The molecule has 1 fully saturated rings. The van der Waals surface area contributed by atoms with E-state index in [1.54, 1.807) is 6.07 Å². The lowest BCUT2D eigenvalue weighted by molar-refractivity contribution is -0.151. The summed E-state index contributed by atoms with van der Waals surface area (Å²) in [4.78, 5) is 39.9. The SMILES string of the molecule is C[C@@H](OC(=O)CSc1nc2ccccc2o1)C(=O)NC(=O)NC1CCCC1. The quantitative estimate of drug-likeness (QED) is 0.575. The summed E-state index contributed by atoms with van der Waals surface area (Å²) in [6, 6.07) is 6.81. The molecule has 0 saturated heterocycles. The molecule has 1 aliphatic rings. The molecule has 0 bridgehead atoms. The van der Waals surface area contributed by atoms with E-state index in [0.717, 1.165) is 37.4 Å². The molecule has 3 amide bonds. The number of ether oxygens (including phenoxy) is 1. The number of carbonyl (C=O) groups excluding carboxylic acids is 3. The van der Waals surface area contributed by atoms with Gasteiger partial charge in [0.1, 0.15) is 11.3 Å². The summed E-state index contributed by atoms with van der Waals surface area (Å²) in [5, 5.41) is 5.29. The number of amides is 3. The topological polar surface area (TPSA) is 111 Å². The molecule has 3 rings (SSSR count). The van der Waals surface area contributed by atoms with Gasteiger partial charge < -0.3 is 14.5 Å². The third-order valence-corrected chi connectivity index (χ3v) is 4.99. The van der Waals surface area contributed by atoms with Crippen LogP contribution in [0, 0.1) is 0 Å². The number of imide groups is 1. The number of fused-ring (bicyclic) bond motifs is 1. The van der Waals surface area contributed by atoms with E-state index in [1.165, 1.54) is 6.92 Å². The number of rotatable bonds is 6. The summed E-state index contributed by atoms with van der Waals surface area (Å²) in [6.07, 6.45) is 2.91. The normalized spacial score (nSPS) is 15.4. The van der Waals surface area contributed by atoms with Crippen molar-refractivity contribution in [1.82, 2.24) is 15.6 Å². The number of esters is 1. The number of carbonyl (C=O) groups is 3. The number of aromatic nitrogens is 1. The largest absolute Gasteiger partial charge is 0.452 e. The van der Waals surface area contributed by atoms with Crippen molar-refractivity contribution < 1.29 is 23.5 Å². The molecule has 1 saturated carbocycles. The Balaban J connectivity index is 1.41. The fourth-order valence-electron chi connectivity index (χ4n) is 2.82. The van der Waals surface area contributed by atoms with Gasteiger partial charge in [0, 0.05) is 6.04 Å². The predicted molar refractivity (Wildman–Crippen MR) is 99.2 cm³/mol. The van der Waals surface area contributed by atoms with Gasteiger partial charge in [-0.15, -0.1) is 0 Å². The van der Waals surface area contributed by atoms with Gasteiger partial charge in [0.05, 0.1) is 0 Å². The van der Waals surface area contributed by atoms with E-state index in [4.69, 9.17) is 9.15 Å². The zero-order chi connectivity index (χ0) is 19.2. The zero-order valence-corrected chi connectivity index (χ0v) is 15.7. The molecule has 27 heavy (non-hydrogen) atoms. The van der Waals surface area contributed by atoms with E-state index in [1.807, 2.05) is 18.2 Å². The van der Waals surface area contributed by atoms with Crippen molar-refractivity contribution in [2.45, 2.75) is 50.0 Å². The highest BCUT2D eigenvalue weighted by Crippen LogP contribution is 2.23. The zero-order valence-electron chi connectivity index (χ0n) is 14.9. The molecule has 0 spiro atoms. The summed E-state index contributed by atoms with van der Waals surface area (Å²) in [7, 11) is 0. The standard InChI is InChI=1S/C18H21N3O5S/c1-11(16(23)21-17(24)19-12-6-2-3-7-12)25-15(22)10-27-18-20-13-8-4-5-9-14(13)26-18/h4-5,8-9,11-12H,2-3,6-7,10H2,1H3,(H2,19,21,23,24)/t11-/m1/s1. The van der Waals surface area contributed by atoms with Crippen LogP contribution in [0.15, 0.2) is 33.9 Å². The Morgan fingerprint density at radius 3 is 2.78 bits per heavy atom. The number of para-hydroxylation sites is 2. The Morgan fingerprint density at radius 1 is 1.30 bits per heavy atom. The van der Waals surface area contributed by atoms with Crippen molar-refractivity contribution >= 4 is 40.8 Å². The van der Waals surface area contributed by atoms with Crippen LogP contribution < -0.4 is 10.6 Å². The monoisotopic (exact) mass is 391 g/mol. The lowest BCUT2D eigenvalue weighted by atomic mass is 10.2. The first-order chi connectivity index (χ1) is 13.0. The maximum atomic E-state index is 12.0. The molecule has 8 nitrogen and oxygen atoms in total. The van der Waals surface area contributed by atoms with E-state index < -0.39 is 24.0 Å². The molecule has 1 atom stereocenters. The van der Waals surface area contributed by atoms with Crippen molar-refractivity contribution in [3.8, 4) is 0 Å². The Morgan fingerprint density at radius 2 is 2.04 bits per heavy atom. The number of hydrogen-bond acceptors (Lipinski definition) is 7. The second-order valence-corrected chi connectivity index (χ2v) is 7.24. The lowest BCUT2D eigenvalue weighted by Gasteiger charge is -2.15. The summed E-state index contributed by atoms with van der Waals surface area (Å²) < 4.78 is 10.6. The predicted octanol–water partition coefficient (Wildman–Crippen LogP) is 2.62. The van der Waals surface area contributed by atoms with Gasteiger partial charge >= 0.3 is 12.0 Å². The summed E-state index contributed by atoms with van der Waals surface area (Å²) in [6.45, 7) is 1.42. The first kappa shape index (κ1) is 19.2. The number of hydrogen-bond donors (Lipinski definition) is 2. The second-order valence-electron chi connectivity index (χ2n) is 6.31. The molecule has 1 aromatic carbocycles. The number of nitrogens with one attached hydrogen (secondary N) is 2. The van der Waals surface area contributed by atoms with Crippen LogP contribution in [-0.4, -0.2) is 40.8 Å². The first-order valence-corrected chi connectivity index (χ1v) is 9.79. The molecule has 1 aromatic heterocycles. The molecule has 2 N–H and O–H groups in total. The molecule has 0 aliphatic heterocycles. The van der Waals surface area contributed by atoms with E-state index >= 15 is 0 Å². The van der Waals surface area contributed by atoms with Gasteiger partial charge in [-0.2, -0.15) is 0 Å². The van der Waals surface area contributed by atoms with Crippen LogP contribution in [0.3, 0.4) is 0 Å². The fraction of sp³-hybridized carbons (Fsp3) is 0.444. The van der Waals surface area contributed by atoms with Crippen LogP contribution >= 0.6 is 11.8 Å². The van der Waals surface area contributed by atoms with Gasteiger partial charge in [-0.1, -0.05) is 36.7 Å². The number of urea groups is 1. The average molecular weight is 391 g/mol. The summed E-state index contributed by atoms with van der Waals surface area (Å²) >= 11 is 1.08. The number of benzene rings is 1. The molecular formula is C18H21N3O5S. The van der Waals surface area contributed by atoms with Gasteiger partial charge in [0.2, 0.25) is 0 Å². The van der Waals surface area contributed by atoms with E-state index in [2.05, 4.69) is 15.6 Å². The number of oxazole rings is 1. The van der Waals surface area contributed by atoms with Crippen LogP contribution in [0.1, 0.15) is 32.6 Å². The Kier molecular flexibility index (Phi) is 6.33. The van der Waals surface area contributed by atoms with Crippen molar-refractivity contribution in [3.05, 3.63) is 24.3 Å². The highest BCUT2D eigenvalue weighted by atomic mass is 32.2. The Labute approximate surface area is 160 Å². The van der Waals surface area contributed by atoms with Crippen molar-refractivity contribution in [1.29, 1.82) is 0 Å². The van der Waals surface area contributed by atoms with Gasteiger partial charge in [-0.25, -0.2) is 9.78 Å². The van der Waals surface area contributed by atoms with E-state index in [0.29, 0.717) is 16.3 Å². The lowest BCUT2D eigenvalue weighted by Crippen LogP contribution is -2.47. The van der Waals surface area contributed by atoms with E-state index in [9.17, 15) is 14.4 Å². The van der Waals surface area contributed by atoms with E-state index in [-0.39, 0.29) is 11.8 Å². The second kappa shape index (κ2) is 8.90. The minimum atomic E-state index is -1.07. The minimum Gasteiger partial charge on any atom is -0.452 e. The molecule has 144 valence electrons. The molecule has 9 heteroatoms. The van der Waals surface area contributed by atoms with Crippen LogP contribution in [0.5, 0.6) is 0 Å². The summed E-state index contributed by atoms with van der Waals surface area (Å²) in [5.74, 6) is -1.31. The molecule has 0 unspecified atom stereocenters. The molecule has 1 aliphatic carbocycles. The molecular weight excluding hydrogens is 370 g/mol. The Bertz CT molecular complexity index is 798. The van der Waals surface area contributed by atoms with Gasteiger partial charge in [0.15, 0.2) is 11.7 Å². The maximum Gasteiger partial charge on any atom is 0.321 e. The molecule has 0 radical (unpaired) electrons. The van der Waals surface area contributed by atoms with Gasteiger partial charge in [-0.05, 0) is 31.9 Å². The maximum absolute atomic E-state index is 12.0. The highest BCUT2D eigenvalue weighted by molar-refractivity contribution is 7.99. The smallest absolute Gasteiger partial charge is 0.321 e. The average Bonchev–Trinajstić information content (AvgIpc) is 3.28.